The molecule has 0 fully saturated rings. The molecule has 0 saturated heterocycles. The van der Waals surface area contributed by atoms with Crippen LogP contribution in [0.5, 0.6) is 0 Å². The maximum absolute atomic E-state index is 5.24. The quantitative estimate of drug-likeness (QED) is 0.120. The molecule has 1 aromatic heterocycles. The molecule has 306 valence electrons. The van der Waals surface area contributed by atoms with Crippen LogP contribution in [0.4, 0.5) is 0 Å². The van der Waals surface area contributed by atoms with Crippen molar-refractivity contribution in [3.8, 4) is 66.9 Å². The van der Waals surface area contributed by atoms with Crippen LogP contribution in [0.25, 0.3) is 132 Å². The van der Waals surface area contributed by atoms with Gasteiger partial charge in [-0.15, -0.1) is 0 Å². The Balaban J connectivity index is 0.903. The number of nitrogens with zero attached hydrogens (tertiary/aromatic N) is 1. The molecule has 66 heavy (non-hydrogen) atoms. The third-order valence-electron chi connectivity index (χ3n) is 13.6. The van der Waals surface area contributed by atoms with E-state index in [1.165, 1.54) is 115 Å². The second-order valence-electron chi connectivity index (χ2n) is 17.4. The monoisotopic (exact) mass is 835 g/mol. The van der Waals surface area contributed by atoms with Gasteiger partial charge in [0, 0.05) is 10.9 Å². The first-order valence-electron chi connectivity index (χ1n) is 22.8. The minimum Gasteiger partial charge on any atom is -0.248 e. The van der Waals surface area contributed by atoms with Crippen LogP contribution in [0.15, 0.2) is 249 Å². The minimum absolute atomic E-state index is 0.967. The van der Waals surface area contributed by atoms with Gasteiger partial charge in [0.05, 0.1) is 11.2 Å². The first-order chi connectivity index (χ1) is 32.7. The van der Waals surface area contributed by atoms with Gasteiger partial charge < -0.3 is 0 Å². The maximum atomic E-state index is 5.24. The highest BCUT2D eigenvalue weighted by Gasteiger charge is 2.19. The number of aromatic nitrogens is 1. The lowest BCUT2D eigenvalue weighted by Gasteiger charge is -2.19. The zero-order chi connectivity index (χ0) is 43.6. The van der Waals surface area contributed by atoms with Gasteiger partial charge in [-0.1, -0.05) is 218 Å². The summed E-state index contributed by atoms with van der Waals surface area (Å²) >= 11 is 0. The molecule has 1 heteroatoms. The van der Waals surface area contributed by atoms with Crippen molar-refractivity contribution in [2.24, 2.45) is 0 Å². The second kappa shape index (κ2) is 15.6. The Morgan fingerprint density at radius 3 is 1.29 bits per heavy atom. The average Bonchev–Trinajstić information content (AvgIpc) is 3.39. The molecular weight excluding hydrogens is 795 g/mol. The SMILES string of the molecule is c1ccc(-c2cc(-c3ccc(-c4ccc(-c5ccc6c(-c7ccc8ccccc8c7)c7ccccc7c(-c7ccc8ccccc8c7)c6c5)cc4)cc3)nc3ccc4ccccc4c23)cc1. The molecule has 13 aromatic rings. The lowest BCUT2D eigenvalue weighted by molar-refractivity contribution is 1.40. The molecule has 13 rings (SSSR count). The molecule has 12 aromatic carbocycles. The van der Waals surface area contributed by atoms with Crippen molar-refractivity contribution in [1.82, 2.24) is 4.98 Å². The van der Waals surface area contributed by atoms with Crippen molar-refractivity contribution in [2.45, 2.75) is 0 Å². The molecule has 0 N–H and O–H groups in total. The molecule has 0 bridgehead atoms. The zero-order valence-corrected chi connectivity index (χ0v) is 36.1. The predicted molar refractivity (Wildman–Crippen MR) is 282 cm³/mol. The minimum atomic E-state index is 0.967. The molecule has 0 radical (unpaired) electrons. The van der Waals surface area contributed by atoms with Crippen LogP contribution in [0.1, 0.15) is 0 Å². The summed E-state index contributed by atoms with van der Waals surface area (Å²) in [7, 11) is 0. The number of fused-ring (bicyclic) bond motifs is 7. The average molecular weight is 836 g/mol. The summed E-state index contributed by atoms with van der Waals surface area (Å²) in [6.45, 7) is 0. The van der Waals surface area contributed by atoms with Gasteiger partial charge in [-0.3, -0.25) is 0 Å². The van der Waals surface area contributed by atoms with Gasteiger partial charge in [-0.25, -0.2) is 4.98 Å². The Morgan fingerprint density at radius 1 is 0.227 bits per heavy atom. The second-order valence-corrected chi connectivity index (χ2v) is 17.4. The van der Waals surface area contributed by atoms with Crippen molar-refractivity contribution >= 4 is 64.8 Å². The first-order valence-corrected chi connectivity index (χ1v) is 22.8. The van der Waals surface area contributed by atoms with E-state index in [-0.39, 0.29) is 0 Å². The van der Waals surface area contributed by atoms with E-state index >= 15 is 0 Å². The number of hydrogen-bond donors (Lipinski definition) is 0. The summed E-state index contributed by atoms with van der Waals surface area (Å²) in [5, 5.41) is 13.6. The molecule has 0 aliphatic heterocycles. The molecule has 1 nitrogen and oxygen atoms in total. The highest BCUT2D eigenvalue weighted by molar-refractivity contribution is 6.23. The van der Waals surface area contributed by atoms with Crippen LogP contribution >= 0.6 is 0 Å². The van der Waals surface area contributed by atoms with Crippen LogP contribution < -0.4 is 0 Å². The summed E-state index contributed by atoms with van der Waals surface area (Å²) < 4.78 is 0. The van der Waals surface area contributed by atoms with E-state index < -0.39 is 0 Å². The molecule has 0 aliphatic rings. The number of rotatable bonds is 6. The first kappa shape index (κ1) is 37.9. The van der Waals surface area contributed by atoms with Crippen LogP contribution in [-0.2, 0) is 0 Å². The zero-order valence-electron chi connectivity index (χ0n) is 36.1. The molecule has 0 atom stereocenters. The highest BCUT2D eigenvalue weighted by Crippen LogP contribution is 2.46. The number of pyridine rings is 1. The summed E-state index contributed by atoms with van der Waals surface area (Å²) in [6, 6.07) is 91.0. The van der Waals surface area contributed by atoms with Crippen molar-refractivity contribution in [1.29, 1.82) is 0 Å². The van der Waals surface area contributed by atoms with Crippen molar-refractivity contribution in [2.75, 3.05) is 0 Å². The van der Waals surface area contributed by atoms with Gasteiger partial charge in [0.2, 0.25) is 0 Å². The van der Waals surface area contributed by atoms with Crippen molar-refractivity contribution < 1.29 is 0 Å². The van der Waals surface area contributed by atoms with E-state index in [2.05, 4.69) is 249 Å². The molecule has 1 heterocycles. The summed E-state index contributed by atoms with van der Waals surface area (Å²) in [5.74, 6) is 0. The van der Waals surface area contributed by atoms with Gasteiger partial charge >= 0.3 is 0 Å². The Labute approximate surface area is 383 Å². The van der Waals surface area contributed by atoms with Crippen LogP contribution in [-0.4, -0.2) is 4.98 Å². The van der Waals surface area contributed by atoms with E-state index in [0.717, 1.165) is 16.8 Å². The highest BCUT2D eigenvalue weighted by atomic mass is 14.7. The topological polar surface area (TPSA) is 12.9 Å². The lowest BCUT2D eigenvalue weighted by atomic mass is 9.84. The maximum Gasteiger partial charge on any atom is 0.0722 e. The fraction of sp³-hybridized carbons (Fsp3) is 0. The Morgan fingerprint density at radius 2 is 0.667 bits per heavy atom. The van der Waals surface area contributed by atoms with Gasteiger partial charge in [-0.2, -0.15) is 0 Å². The third kappa shape index (κ3) is 6.44. The summed E-state index contributed by atoms with van der Waals surface area (Å²) in [5.41, 5.74) is 15.1. The number of hydrogen-bond acceptors (Lipinski definition) is 1. The summed E-state index contributed by atoms with van der Waals surface area (Å²) in [4.78, 5) is 5.24. The van der Waals surface area contributed by atoms with Crippen LogP contribution in [0.2, 0.25) is 0 Å². The van der Waals surface area contributed by atoms with Gasteiger partial charge in [0.15, 0.2) is 0 Å². The Bertz CT molecular complexity index is 4010. The van der Waals surface area contributed by atoms with Crippen LogP contribution in [0.3, 0.4) is 0 Å². The molecule has 0 amide bonds. The third-order valence-corrected chi connectivity index (χ3v) is 13.6. The molecule has 0 saturated carbocycles. The van der Waals surface area contributed by atoms with E-state index in [9.17, 15) is 0 Å². The largest absolute Gasteiger partial charge is 0.248 e. The molecule has 0 spiro atoms. The fourth-order valence-corrected chi connectivity index (χ4v) is 10.4. The Kier molecular flexibility index (Phi) is 8.92. The normalized spacial score (nSPS) is 11.6. The van der Waals surface area contributed by atoms with E-state index in [1.54, 1.807) is 0 Å². The van der Waals surface area contributed by atoms with E-state index in [0.29, 0.717) is 0 Å². The number of benzene rings is 12. The smallest absolute Gasteiger partial charge is 0.0722 e. The van der Waals surface area contributed by atoms with Gasteiger partial charge in [-0.05, 0) is 140 Å². The van der Waals surface area contributed by atoms with Gasteiger partial charge in [0.25, 0.3) is 0 Å². The van der Waals surface area contributed by atoms with Crippen LogP contribution in [0, 0.1) is 0 Å². The Hall–Kier alpha value is -8.65. The predicted octanol–water partition coefficient (Wildman–Crippen LogP) is 18.0. The van der Waals surface area contributed by atoms with E-state index in [4.69, 9.17) is 4.98 Å². The standard InChI is InChI=1S/C65H41N/c1-2-14-47(15-3-1)59-41-62(66-61-37-35-48-16-8-9-19-55(48)65(59)61)49-30-26-45(27-31-49)44-22-24-46(25-23-44)52-34-36-58-60(40-52)64(54-33-29-43-13-5-7-18-51(43)39-54)57-21-11-10-20-56(57)63(58)53-32-28-42-12-4-6-17-50(42)38-53/h1-41H. The summed E-state index contributed by atoms with van der Waals surface area (Å²) in [6.07, 6.45) is 0. The molecule has 0 unspecified atom stereocenters. The van der Waals surface area contributed by atoms with Crippen molar-refractivity contribution in [3.63, 3.8) is 0 Å². The van der Waals surface area contributed by atoms with Crippen molar-refractivity contribution in [3.05, 3.63) is 249 Å². The molecule has 0 aliphatic carbocycles. The fourth-order valence-electron chi connectivity index (χ4n) is 10.4. The van der Waals surface area contributed by atoms with Gasteiger partial charge in [0.1, 0.15) is 0 Å². The lowest BCUT2D eigenvalue weighted by Crippen LogP contribution is -1.92. The molecular formula is C65H41N. The van der Waals surface area contributed by atoms with E-state index in [1.807, 2.05) is 0 Å².